The van der Waals surface area contributed by atoms with Gasteiger partial charge in [0.15, 0.2) is 0 Å². The van der Waals surface area contributed by atoms with Crippen molar-refractivity contribution >= 4 is 66.4 Å². The van der Waals surface area contributed by atoms with Crippen LogP contribution in [0.3, 0.4) is 0 Å². The van der Waals surface area contributed by atoms with Crippen molar-refractivity contribution in [3.05, 3.63) is 276 Å². The van der Waals surface area contributed by atoms with Gasteiger partial charge < -0.3 is 9.80 Å². The van der Waals surface area contributed by atoms with Gasteiger partial charge in [0.2, 0.25) is 0 Å². The normalized spacial score (nSPS) is 12.6. The van der Waals surface area contributed by atoms with Gasteiger partial charge in [0.1, 0.15) is 0 Å². The van der Waals surface area contributed by atoms with Gasteiger partial charge in [-0.3, -0.25) is 0 Å². The third-order valence-electron chi connectivity index (χ3n) is 13.7. The molecule has 1 aliphatic rings. The van der Waals surface area contributed by atoms with Crippen LogP contribution in [0.2, 0.25) is 0 Å². The third kappa shape index (κ3) is 5.95. The van der Waals surface area contributed by atoms with Crippen LogP contribution in [0, 0.1) is 13.8 Å². The molecule has 0 amide bonds. The molecule has 0 heterocycles. The fourth-order valence-electron chi connectivity index (χ4n) is 11.0. The van der Waals surface area contributed by atoms with Gasteiger partial charge in [-0.1, -0.05) is 188 Å². The third-order valence-corrected chi connectivity index (χ3v) is 13.7. The van der Waals surface area contributed by atoms with Crippen molar-refractivity contribution in [1.82, 2.24) is 0 Å². The number of hydrogen-bond donors (Lipinski definition) is 0. The van der Waals surface area contributed by atoms with Gasteiger partial charge in [0.25, 0.3) is 0 Å². The largest absolute Gasteiger partial charge is 0.310 e. The first kappa shape index (κ1) is 38.5. The summed E-state index contributed by atoms with van der Waals surface area (Å²) in [6.45, 7) is 4.43. The number of nitrogens with zero attached hydrogens (tertiary/aromatic N) is 2. The second-order valence-corrected chi connectivity index (χ2v) is 17.3. The number of fused-ring (bicyclic) bond motifs is 10. The molecule has 0 fully saturated rings. The predicted molar refractivity (Wildman–Crippen MR) is 275 cm³/mol. The Morgan fingerprint density at radius 1 is 0.292 bits per heavy atom. The number of hydrogen-bond acceptors (Lipinski definition) is 2. The zero-order valence-corrected chi connectivity index (χ0v) is 36.5. The molecular formula is C63H46N2. The van der Waals surface area contributed by atoms with E-state index >= 15 is 0 Å². The lowest BCUT2D eigenvalue weighted by atomic mass is 9.66. The lowest BCUT2D eigenvalue weighted by molar-refractivity contribution is 0.776. The summed E-state index contributed by atoms with van der Waals surface area (Å²) in [6.07, 6.45) is 0. The first-order valence-corrected chi connectivity index (χ1v) is 22.6. The van der Waals surface area contributed by atoms with Crippen LogP contribution in [-0.4, -0.2) is 0 Å². The highest BCUT2D eigenvalue weighted by Crippen LogP contribution is 2.63. The Morgan fingerprint density at radius 3 is 1.31 bits per heavy atom. The molecule has 65 heavy (non-hydrogen) atoms. The number of rotatable bonds is 8. The van der Waals surface area contributed by atoms with Crippen LogP contribution in [0.4, 0.5) is 34.1 Å². The van der Waals surface area contributed by atoms with Crippen LogP contribution in [0.15, 0.2) is 243 Å². The Morgan fingerprint density at radius 2 is 0.738 bits per heavy atom. The fraction of sp³-hybridized carbons (Fsp3) is 0.0476. The summed E-state index contributed by atoms with van der Waals surface area (Å²) in [5, 5.41) is 7.40. The summed E-state index contributed by atoms with van der Waals surface area (Å²) in [7, 11) is 0. The van der Waals surface area contributed by atoms with Crippen LogP contribution in [-0.2, 0) is 5.41 Å². The maximum Gasteiger partial charge on any atom is 0.0720 e. The molecule has 0 aromatic heterocycles. The molecular weight excluding hydrogens is 785 g/mol. The molecule has 0 unspecified atom stereocenters. The van der Waals surface area contributed by atoms with Crippen molar-refractivity contribution in [2.45, 2.75) is 19.3 Å². The van der Waals surface area contributed by atoms with Gasteiger partial charge in [0.05, 0.1) is 11.1 Å². The van der Waals surface area contributed by atoms with Crippen molar-refractivity contribution in [2.75, 3.05) is 9.80 Å². The number of aryl methyl sites for hydroxylation is 2. The summed E-state index contributed by atoms with van der Waals surface area (Å²) in [5.74, 6) is 0. The molecule has 11 aromatic carbocycles. The molecule has 0 spiro atoms. The van der Waals surface area contributed by atoms with E-state index in [9.17, 15) is 0 Å². The van der Waals surface area contributed by atoms with Crippen molar-refractivity contribution in [2.24, 2.45) is 0 Å². The Labute approximate surface area is 380 Å². The second-order valence-electron chi connectivity index (χ2n) is 17.3. The fourth-order valence-corrected chi connectivity index (χ4v) is 11.0. The van der Waals surface area contributed by atoms with Crippen LogP contribution in [0.25, 0.3) is 43.4 Å². The monoisotopic (exact) mass is 830 g/mol. The zero-order chi connectivity index (χ0) is 43.5. The van der Waals surface area contributed by atoms with Gasteiger partial charge in [-0.25, -0.2) is 0 Å². The van der Waals surface area contributed by atoms with Crippen LogP contribution in [0.1, 0.15) is 33.4 Å². The molecule has 0 saturated heterocycles. The van der Waals surface area contributed by atoms with E-state index in [0.717, 1.165) is 34.1 Å². The molecule has 0 aliphatic heterocycles. The first-order chi connectivity index (χ1) is 32.1. The number of benzene rings is 11. The van der Waals surface area contributed by atoms with Crippen molar-refractivity contribution in [3.8, 4) is 11.1 Å². The van der Waals surface area contributed by atoms with Crippen molar-refractivity contribution in [3.63, 3.8) is 0 Å². The van der Waals surface area contributed by atoms with Gasteiger partial charge in [-0.2, -0.15) is 0 Å². The highest BCUT2D eigenvalue weighted by Gasteiger charge is 2.49. The predicted octanol–water partition coefficient (Wildman–Crippen LogP) is 17.1. The maximum atomic E-state index is 2.54. The molecule has 0 atom stereocenters. The highest BCUT2D eigenvalue weighted by atomic mass is 15.2. The standard InChI is InChI=1S/C63H46N2/c1-43-23-15-21-37-57(43)64(47-29-11-5-12-30-47)49-39-40-54-55(41-49)50-33-17-19-35-52(50)61-60-53-36-20-18-34-51(53)59(65(48-31-13-6-14-32-48)58-38-22-16-24-44(58)2)42-56(60)63(62(54)61,45-25-7-3-8-26-45)46-27-9-4-10-28-46/h3-42H,1-2H3. The van der Waals surface area contributed by atoms with Crippen molar-refractivity contribution < 1.29 is 0 Å². The Kier molecular flexibility index (Phi) is 9.21. The maximum absolute atomic E-state index is 2.54. The molecule has 0 saturated carbocycles. The lowest BCUT2D eigenvalue weighted by Gasteiger charge is -2.36. The van der Waals surface area contributed by atoms with Gasteiger partial charge in [-0.15, -0.1) is 0 Å². The van der Waals surface area contributed by atoms with E-state index in [1.54, 1.807) is 0 Å². The second kappa shape index (κ2) is 15.6. The average Bonchev–Trinajstić information content (AvgIpc) is 3.69. The topological polar surface area (TPSA) is 6.48 Å². The summed E-state index contributed by atoms with van der Waals surface area (Å²) < 4.78 is 0. The van der Waals surface area contributed by atoms with Crippen LogP contribution >= 0.6 is 0 Å². The van der Waals surface area contributed by atoms with Crippen LogP contribution in [0.5, 0.6) is 0 Å². The first-order valence-electron chi connectivity index (χ1n) is 22.6. The molecule has 11 aromatic rings. The van der Waals surface area contributed by atoms with E-state index in [-0.39, 0.29) is 0 Å². The molecule has 12 rings (SSSR count). The zero-order valence-electron chi connectivity index (χ0n) is 36.5. The lowest BCUT2D eigenvalue weighted by Crippen LogP contribution is -2.29. The SMILES string of the molecule is Cc1ccccc1N(c1ccccc1)c1ccc2c3c(c4ccccc4c2c1)-c1c(cc(N(c2ccccc2)c2ccccc2C)c2ccccc12)C3(c1ccccc1)c1ccccc1. The molecule has 308 valence electrons. The van der Waals surface area contributed by atoms with Crippen LogP contribution < -0.4 is 9.80 Å². The molecule has 2 heteroatoms. The minimum atomic E-state index is -0.695. The van der Waals surface area contributed by atoms with E-state index in [1.807, 2.05) is 0 Å². The highest BCUT2D eigenvalue weighted by molar-refractivity contribution is 6.24. The average molecular weight is 831 g/mol. The van der Waals surface area contributed by atoms with Gasteiger partial charge >= 0.3 is 0 Å². The molecule has 2 nitrogen and oxygen atoms in total. The molecule has 0 radical (unpaired) electrons. The summed E-state index contributed by atoms with van der Waals surface area (Å²) >= 11 is 0. The van der Waals surface area contributed by atoms with E-state index in [2.05, 4.69) is 266 Å². The van der Waals surface area contributed by atoms with Crippen molar-refractivity contribution in [1.29, 1.82) is 0 Å². The van der Waals surface area contributed by atoms with E-state index in [1.165, 1.54) is 76.8 Å². The molecule has 1 aliphatic carbocycles. The minimum absolute atomic E-state index is 0.695. The quantitative estimate of drug-likeness (QED) is 0.141. The van der Waals surface area contributed by atoms with Gasteiger partial charge in [0, 0.05) is 33.8 Å². The molecule has 0 bridgehead atoms. The summed E-state index contributed by atoms with van der Waals surface area (Å²) in [4.78, 5) is 4.89. The van der Waals surface area contributed by atoms with Gasteiger partial charge in [-0.05, 0) is 140 Å². The minimum Gasteiger partial charge on any atom is -0.310 e. The Bertz CT molecular complexity index is 3520. The molecule has 0 N–H and O–H groups in total. The summed E-state index contributed by atoms with van der Waals surface area (Å²) in [5.41, 5.74) is 16.2. The van der Waals surface area contributed by atoms with E-state index in [4.69, 9.17) is 0 Å². The Hall–Kier alpha value is -8.20. The van der Waals surface area contributed by atoms with E-state index < -0.39 is 5.41 Å². The number of para-hydroxylation sites is 4. The smallest absolute Gasteiger partial charge is 0.0720 e. The number of anilines is 6. The Balaban J connectivity index is 1.26. The summed E-state index contributed by atoms with van der Waals surface area (Å²) in [6, 6.07) is 89.6. The van der Waals surface area contributed by atoms with E-state index in [0.29, 0.717) is 0 Å².